The van der Waals surface area contributed by atoms with Gasteiger partial charge in [0.25, 0.3) is 5.91 Å². The lowest BCUT2D eigenvalue weighted by atomic mass is 10.2. The fourth-order valence-corrected chi connectivity index (χ4v) is 3.28. The number of methoxy groups -OCH3 is 2. The maximum absolute atomic E-state index is 12.2. The predicted molar refractivity (Wildman–Crippen MR) is 102 cm³/mol. The molecule has 26 heavy (non-hydrogen) atoms. The van der Waals surface area contributed by atoms with Gasteiger partial charge in [0.15, 0.2) is 0 Å². The molecular formula is C19H22ClN3O3. The minimum absolute atomic E-state index is 0.130. The quantitative estimate of drug-likeness (QED) is 0.792. The first-order valence-corrected chi connectivity index (χ1v) is 8.94. The third kappa shape index (κ3) is 4.19. The van der Waals surface area contributed by atoms with E-state index in [2.05, 4.69) is 15.6 Å². The summed E-state index contributed by atoms with van der Waals surface area (Å²) in [6.45, 7) is 0. The lowest BCUT2D eigenvalue weighted by Gasteiger charge is -2.14. The number of pyridine rings is 1. The van der Waals surface area contributed by atoms with E-state index in [1.165, 1.54) is 12.8 Å². The largest absolute Gasteiger partial charge is 0.495 e. The molecule has 0 aliphatic heterocycles. The molecule has 1 saturated carbocycles. The van der Waals surface area contributed by atoms with Gasteiger partial charge in [-0.05, 0) is 25.0 Å². The number of nitrogens with zero attached hydrogens (tertiary/aromatic N) is 1. The zero-order valence-electron chi connectivity index (χ0n) is 14.8. The molecule has 3 rings (SSSR count). The molecule has 1 fully saturated rings. The van der Waals surface area contributed by atoms with E-state index in [-0.39, 0.29) is 11.9 Å². The van der Waals surface area contributed by atoms with E-state index in [0.29, 0.717) is 27.9 Å². The average Bonchev–Trinajstić information content (AvgIpc) is 3.16. The second-order valence-corrected chi connectivity index (χ2v) is 6.61. The van der Waals surface area contributed by atoms with Crippen molar-refractivity contribution in [2.45, 2.75) is 31.7 Å². The van der Waals surface area contributed by atoms with Crippen molar-refractivity contribution in [3.8, 4) is 11.5 Å². The number of nitrogens with one attached hydrogen (secondary N) is 2. The van der Waals surface area contributed by atoms with Crippen molar-refractivity contribution in [1.82, 2.24) is 10.3 Å². The molecule has 1 aromatic carbocycles. The second kappa shape index (κ2) is 8.27. The molecule has 1 aliphatic rings. The summed E-state index contributed by atoms with van der Waals surface area (Å²) in [4.78, 5) is 16.5. The summed E-state index contributed by atoms with van der Waals surface area (Å²) < 4.78 is 10.6. The van der Waals surface area contributed by atoms with Crippen LogP contribution in [0.1, 0.15) is 36.2 Å². The van der Waals surface area contributed by atoms with Crippen LogP contribution in [0.4, 0.5) is 11.4 Å². The van der Waals surface area contributed by atoms with Crippen LogP contribution in [-0.4, -0.2) is 31.2 Å². The number of rotatable bonds is 6. The van der Waals surface area contributed by atoms with E-state index < -0.39 is 0 Å². The zero-order chi connectivity index (χ0) is 18.5. The molecule has 0 spiro atoms. The number of hydrogen-bond acceptors (Lipinski definition) is 5. The number of anilines is 2. The van der Waals surface area contributed by atoms with Gasteiger partial charge in [-0.15, -0.1) is 0 Å². The topological polar surface area (TPSA) is 72.5 Å². The monoisotopic (exact) mass is 375 g/mol. The van der Waals surface area contributed by atoms with Gasteiger partial charge in [0.2, 0.25) is 0 Å². The first-order valence-electron chi connectivity index (χ1n) is 8.56. The number of halogens is 1. The van der Waals surface area contributed by atoms with Crippen molar-refractivity contribution >= 4 is 28.9 Å². The number of hydrogen-bond donors (Lipinski definition) is 2. The molecule has 1 aliphatic carbocycles. The van der Waals surface area contributed by atoms with Crippen LogP contribution in [0.3, 0.4) is 0 Å². The Hall–Kier alpha value is -2.47. The molecule has 2 aromatic rings. The van der Waals surface area contributed by atoms with Crippen LogP contribution in [0.5, 0.6) is 11.5 Å². The van der Waals surface area contributed by atoms with Gasteiger partial charge in [0.05, 0.1) is 36.8 Å². The highest BCUT2D eigenvalue weighted by Gasteiger charge is 2.18. The number of benzene rings is 1. The molecule has 1 amide bonds. The highest BCUT2D eigenvalue weighted by molar-refractivity contribution is 6.32. The summed E-state index contributed by atoms with van der Waals surface area (Å²) in [5, 5.41) is 6.70. The van der Waals surface area contributed by atoms with E-state index in [4.69, 9.17) is 21.1 Å². The van der Waals surface area contributed by atoms with Crippen molar-refractivity contribution in [2.24, 2.45) is 0 Å². The third-order valence-corrected chi connectivity index (χ3v) is 4.73. The number of amides is 1. The summed E-state index contributed by atoms with van der Waals surface area (Å²) in [6, 6.07) is 7.21. The molecule has 138 valence electrons. The Kier molecular flexibility index (Phi) is 5.83. The number of ether oxygens (including phenoxy) is 2. The summed E-state index contributed by atoms with van der Waals surface area (Å²) in [6.07, 6.45) is 6.05. The predicted octanol–water partition coefficient (Wildman–Crippen LogP) is 4.17. The summed E-state index contributed by atoms with van der Waals surface area (Å²) >= 11 is 6.12. The SMILES string of the molecule is COc1cc(Nc2ccc(C(=O)NC3CCCC3)nc2)c(OC)cc1Cl. The third-order valence-electron chi connectivity index (χ3n) is 4.44. The fraction of sp³-hybridized carbons (Fsp3) is 0.368. The van der Waals surface area contributed by atoms with Crippen LogP contribution < -0.4 is 20.1 Å². The zero-order valence-corrected chi connectivity index (χ0v) is 15.6. The van der Waals surface area contributed by atoms with Gasteiger partial charge in [-0.2, -0.15) is 0 Å². The standard InChI is InChI=1S/C19H22ClN3O3/c1-25-17-10-16(18(26-2)9-14(17)20)22-13-7-8-15(21-11-13)19(24)23-12-5-3-4-6-12/h7-12,22H,3-6H2,1-2H3,(H,23,24). The molecule has 6 nitrogen and oxygen atoms in total. The maximum Gasteiger partial charge on any atom is 0.270 e. The average molecular weight is 376 g/mol. The van der Waals surface area contributed by atoms with Crippen LogP contribution in [-0.2, 0) is 0 Å². The highest BCUT2D eigenvalue weighted by Crippen LogP contribution is 2.37. The van der Waals surface area contributed by atoms with Gasteiger partial charge >= 0.3 is 0 Å². The van der Waals surface area contributed by atoms with Gasteiger partial charge in [-0.1, -0.05) is 24.4 Å². The molecule has 0 unspecified atom stereocenters. The minimum Gasteiger partial charge on any atom is -0.495 e. The first-order chi connectivity index (χ1) is 12.6. The smallest absolute Gasteiger partial charge is 0.270 e. The summed E-state index contributed by atoms with van der Waals surface area (Å²) in [5.41, 5.74) is 1.83. The Morgan fingerprint density at radius 2 is 1.88 bits per heavy atom. The van der Waals surface area contributed by atoms with Crippen molar-refractivity contribution in [3.63, 3.8) is 0 Å². The van der Waals surface area contributed by atoms with Gasteiger partial charge in [0.1, 0.15) is 17.2 Å². The number of carbonyl (C=O) groups is 1. The molecule has 7 heteroatoms. The summed E-state index contributed by atoms with van der Waals surface area (Å²) in [7, 11) is 3.12. The maximum atomic E-state index is 12.2. The van der Waals surface area contributed by atoms with E-state index in [1.807, 2.05) is 0 Å². The molecule has 2 N–H and O–H groups in total. The Balaban J connectivity index is 1.72. The molecule has 1 heterocycles. The van der Waals surface area contributed by atoms with E-state index in [1.54, 1.807) is 44.7 Å². The second-order valence-electron chi connectivity index (χ2n) is 6.20. The Bertz CT molecular complexity index is 774. The van der Waals surface area contributed by atoms with Gasteiger partial charge < -0.3 is 20.1 Å². The van der Waals surface area contributed by atoms with Crippen molar-refractivity contribution in [1.29, 1.82) is 0 Å². The summed E-state index contributed by atoms with van der Waals surface area (Å²) in [5.74, 6) is 0.989. The van der Waals surface area contributed by atoms with E-state index >= 15 is 0 Å². The minimum atomic E-state index is -0.130. The molecule has 0 saturated heterocycles. The van der Waals surface area contributed by atoms with Crippen LogP contribution in [0.15, 0.2) is 30.5 Å². The van der Waals surface area contributed by atoms with Crippen LogP contribution in [0.2, 0.25) is 5.02 Å². The van der Waals surface area contributed by atoms with Crippen molar-refractivity contribution < 1.29 is 14.3 Å². The normalized spacial score (nSPS) is 14.1. The molecular weight excluding hydrogens is 354 g/mol. The van der Waals surface area contributed by atoms with Crippen LogP contribution >= 0.6 is 11.6 Å². The van der Waals surface area contributed by atoms with Gasteiger partial charge in [0, 0.05) is 18.2 Å². The van der Waals surface area contributed by atoms with Crippen LogP contribution in [0.25, 0.3) is 0 Å². The number of carbonyl (C=O) groups excluding carboxylic acids is 1. The molecule has 0 atom stereocenters. The van der Waals surface area contributed by atoms with Crippen molar-refractivity contribution in [2.75, 3.05) is 19.5 Å². The Morgan fingerprint density at radius 1 is 1.15 bits per heavy atom. The molecule has 0 bridgehead atoms. The number of aromatic nitrogens is 1. The molecule has 1 aromatic heterocycles. The van der Waals surface area contributed by atoms with E-state index in [9.17, 15) is 4.79 Å². The Morgan fingerprint density at radius 3 is 2.50 bits per heavy atom. The molecule has 0 radical (unpaired) electrons. The highest BCUT2D eigenvalue weighted by atomic mass is 35.5. The fourth-order valence-electron chi connectivity index (χ4n) is 3.05. The Labute approximate surface area is 157 Å². The lowest BCUT2D eigenvalue weighted by Crippen LogP contribution is -2.33. The van der Waals surface area contributed by atoms with E-state index in [0.717, 1.165) is 18.5 Å². The van der Waals surface area contributed by atoms with Crippen LogP contribution in [0, 0.1) is 0 Å². The first kappa shape index (κ1) is 18.3. The van der Waals surface area contributed by atoms with Gasteiger partial charge in [-0.3, -0.25) is 4.79 Å². The lowest BCUT2D eigenvalue weighted by molar-refractivity contribution is 0.0933. The van der Waals surface area contributed by atoms with Crippen molar-refractivity contribution in [3.05, 3.63) is 41.2 Å². The van der Waals surface area contributed by atoms with Gasteiger partial charge in [-0.25, -0.2) is 4.98 Å².